The molecule has 0 aliphatic heterocycles. The minimum Gasteiger partial charge on any atom is -0.345 e. The molecule has 1 aliphatic carbocycles. The quantitative estimate of drug-likeness (QED) is 0.875. The fourth-order valence-electron chi connectivity index (χ4n) is 2.50. The molecule has 0 bridgehead atoms. The van der Waals surface area contributed by atoms with Crippen LogP contribution >= 0.6 is 0 Å². The van der Waals surface area contributed by atoms with Crippen LogP contribution in [-0.4, -0.2) is 37.5 Å². The molecular weight excluding hydrogens is 297 g/mol. The molecule has 0 heterocycles. The van der Waals surface area contributed by atoms with Crippen LogP contribution in [-0.2, 0) is 0 Å². The molecular formula is C17H24FN3O2. The number of carbonyl (C=O) groups excluding carboxylic acids is 2. The zero-order valence-electron chi connectivity index (χ0n) is 14.1. The number of rotatable bonds is 5. The van der Waals surface area contributed by atoms with Crippen LogP contribution in [0.1, 0.15) is 37.0 Å². The fraction of sp³-hybridized carbons (Fsp3) is 0.529. The lowest BCUT2D eigenvalue weighted by molar-refractivity contribution is 0.0823. The fourth-order valence-corrected chi connectivity index (χ4v) is 2.50. The lowest BCUT2D eigenvalue weighted by Gasteiger charge is -2.24. The van der Waals surface area contributed by atoms with Gasteiger partial charge in [0.25, 0.3) is 5.91 Å². The van der Waals surface area contributed by atoms with Crippen molar-refractivity contribution in [3.05, 3.63) is 29.6 Å². The van der Waals surface area contributed by atoms with Crippen molar-refractivity contribution in [1.29, 1.82) is 0 Å². The van der Waals surface area contributed by atoms with Gasteiger partial charge in [0.1, 0.15) is 5.82 Å². The molecule has 0 atom stereocenters. The second-order valence-electron chi connectivity index (χ2n) is 6.96. The van der Waals surface area contributed by atoms with Crippen molar-refractivity contribution in [1.82, 2.24) is 10.2 Å². The Hall–Kier alpha value is -2.11. The molecule has 126 valence electrons. The van der Waals surface area contributed by atoms with Gasteiger partial charge in [0, 0.05) is 26.3 Å². The minimum atomic E-state index is -0.607. The van der Waals surface area contributed by atoms with E-state index in [1.165, 1.54) is 35.9 Å². The summed E-state index contributed by atoms with van der Waals surface area (Å²) < 4.78 is 13.7. The van der Waals surface area contributed by atoms with Crippen LogP contribution in [0.4, 0.5) is 14.9 Å². The number of halogens is 1. The molecule has 0 saturated heterocycles. The number of amides is 3. The van der Waals surface area contributed by atoms with Gasteiger partial charge in [-0.05, 0) is 42.4 Å². The zero-order valence-corrected chi connectivity index (χ0v) is 14.1. The summed E-state index contributed by atoms with van der Waals surface area (Å²) in [7, 11) is 3.10. The summed E-state index contributed by atoms with van der Waals surface area (Å²) in [4.78, 5) is 25.2. The molecule has 1 saturated carbocycles. The summed E-state index contributed by atoms with van der Waals surface area (Å²) in [6, 6.07) is 3.62. The summed E-state index contributed by atoms with van der Waals surface area (Å²) in [5, 5.41) is 5.49. The molecule has 5 nitrogen and oxygen atoms in total. The minimum absolute atomic E-state index is 0.0638. The SMILES string of the molecule is CN(C)C(=O)c1cc(NC(=O)NCC(C)(C)C2CC2)ccc1F. The molecule has 0 spiro atoms. The maximum absolute atomic E-state index is 13.7. The Bertz CT molecular complexity index is 610. The van der Waals surface area contributed by atoms with E-state index in [9.17, 15) is 14.0 Å². The van der Waals surface area contributed by atoms with Gasteiger partial charge >= 0.3 is 6.03 Å². The van der Waals surface area contributed by atoms with Gasteiger partial charge in [-0.3, -0.25) is 4.79 Å². The Morgan fingerprint density at radius 3 is 2.52 bits per heavy atom. The molecule has 6 heteroatoms. The van der Waals surface area contributed by atoms with Gasteiger partial charge in [-0.25, -0.2) is 9.18 Å². The number of urea groups is 1. The third kappa shape index (κ3) is 4.43. The van der Waals surface area contributed by atoms with E-state index in [2.05, 4.69) is 24.5 Å². The molecule has 0 unspecified atom stereocenters. The molecule has 2 rings (SSSR count). The highest BCUT2D eigenvalue weighted by Gasteiger charge is 2.37. The van der Waals surface area contributed by atoms with Crippen LogP contribution in [0.25, 0.3) is 0 Å². The number of hydrogen-bond acceptors (Lipinski definition) is 2. The van der Waals surface area contributed by atoms with Crippen LogP contribution < -0.4 is 10.6 Å². The second kappa shape index (κ2) is 6.56. The lowest BCUT2D eigenvalue weighted by atomic mass is 9.87. The molecule has 2 N–H and O–H groups in total. The topological polar surface area (TPSA) is 61.4 Å². The Morgan fingerprint density at radius 2 is 1.96 bits per heavy atom. The molecule has 1 fully saturated rings. The number of nitrogens with zero attached hydrogens (tertiary/aromatic N) is 1. The van der Waals surface area contributed by atoms with E-state index in [-0.39, 0.29) is 17.0 Å². The predicted octanol–water partition coefficient (Wildman–Crippen LogP) is 3.09. The van der Waals surface area contributed by atoms with Crippen molar-refractivity contribution in [2.24, 2.45) is 11.3 Å². The average Bonchev–Trinajstić information content (AvgIpc) is 3.31. The third-order valence-electron chi connectivity index (χ3n) is 4.25. The average molecular weight is 321 g/mol. The largest absolute Gasteiger partial charge is 0.345 e. The maximum Gasteiger partial charge on any atom is 0.319 e. The number of nitrogens with one attached hydrogen (secondary N) is 2. The van der Waals surface area contributed by atoms with Gasteiger partial charge in [-0.1, -0.05) is 13.8 Å². The summed E-state index contributed by atoms with van der Waals surface area (Å²) in [5.74, 6) is -0.385. The molecule has 0 aromatic heterocycles. The van der Waals surface area contributed by atoms with E-state index in [4.69, 9.17) is 0 Å². The van der Waals surface area contributed by atoms with E-state index in [1.807, 2.05) is 0 Å². The zero-order chi connectivity index (χ0) is 17.2. The normalized spacial score (nSPS) is 14.3. The molecule has 1 aromatic rings. The number of anilines is 1. The maximum atomic E-state index is 13.7. The summed E-state index contributed by atoms with van der Waals surface area (Å²) in [5.41, 5.74) is 0.399. The number of benzene rings is 1. The first-order valence-electron chi connectivity index (χ1n) is 7.77. The van der Waals surface area contributed by atoms with Gasteiger partial charge in [0.05, 0.1) is 5.56 Å². The highest BCUT2D eigenvalue weighted by Crippen LogP contribution is 2.44. The molecule has 1 aromatic carbocycles. The predicted molar refractivity (Wildman–Crippen MR) is 87.9 cm³/mol. The first-order valence-corrected chi connectivity index (χ1v) is 7.77. The van der Waals surface area contributed by atoms with Gasteiger partial charge in [0.15, 0.2) is 0 Å². The van der Waals surface area contributed by atoms with Gasteiger partial charge in [-0.15, -0.1) is 0 Å². The van der Waals surface area contributed by atoms with Gasteiger partial charge < -0.3 is 15.5 Å². The molecule has 1 aliphatic rings. The highest BCUT2D eigenvalue weighted by atomic mass is 19.1. The molecule has 3 amide bonds. The summed E-state index contributed by atoms with van der Waals surface area (Å²) in [6.45, 7) is 4.85. The van der Waals surface area contributed by atoms with Crippen molar-refractivity contribution in [2.45, 2.75) is 26.7 Å². The first kappa shape index (κ1) is 17.2. The van der Waals surface area contributed by atoms with E-state index < -0.39 is 11.7 Å². The van der Waals surface area contributed by atoms with Crippen molar-refractivity contribution in [3.8, 4) is 0 Å². The van der Waals surface area contributed by atoms with Crippen LogP contribution in [0.2, 0.25) is 0 Å². The lowest BCUT2D eigenvalue weighted by Crippen LogP contribution is -2.37. The van der Waals surface area contributed by atoms with Gasteiger partial charge in [0.2, 0.25) is 0 Å². The Labute approximate surface area is 136 Å². The van der Waals surface area contributed by atoms with Crippen molar-refractivity contribution in [2.75, 3.05) is 26.0 Å². The van der Waals surface area contributed by atoms with Gasteiger partial charge in [-0.2, -0.15) is 0 Å². The highest BCUT2D eigenvalue weighted by molar-refractivity contribution is 5.96. The van der Waals surface area contributed by atoms with E-state index in [0.717, 1.165) is 0 Å². The summed E-state index contributed by atoms with van der Waals surface area (Å²) >= 11 is 0. The van der Waals surface area contributed by atoms with Crippen LogP contribution in [0.5, 0.6) is 0 Å². The van der Waals surface area contributed by atoms with E-state index in [0.29, 0.717) is 18.2 Å². The Kier molecular flexibility index (Phi) is 4.92. The number of carbonyl (C=O) groups is 2. The van der Waals surface area contributed by atoms with E-state index >= 15 is 0 Å². The number of hydrogen-bond donors (Lipinski definition) is 2. The summed E-state index contributed by atoms with van der Waals surface area (Å²) in [6.07, 6.45) is 2.43. The van der Waals surface area contributed by atoms with Crippen LogP contribution in [0.3, 0.4) is 0 Å². The standard InChI is InChI=1S/C17H24FN3O2/c1-17(2,11-5-6-11)10-19-16(23)20-12-7-8-14(18)13(9-12)15(22)21(3)4/h7-9,11H,5-6,10H2,1-4H3,(H2,19,20,23). The van der Waals surface area contributed by atoms with Crippen LogP contribution in [0, 0.1) is 17.2 Å². The third-order valence-corrected chi connectivity index (χ3v) is 4.25. The van der Waals surface area contributed by atoms with Crippen molar-refractivity contribution in [3.63, 3.8) is 0 Å². The Morgan fingerprint density at radius 1 is 1.30 bits per heavy atom. The second-order valence-corrected chi connectivity index (χ2v) is 6.96. The van der Waals surface area contributed by atoms with Crippen molar-refractivity contribution < 1.29 is 14.0 Å². The first-order chi connectivity index (χ1) is 10.7. The van der Waals surface area contributed by atoms with E-state index in [1.54, 1.807) is 14.1 Å². The molecule has 23 heavy (non-hydrogen) atoms. The molecule has 0 radical (unpaired) electrons. The smallest absolute Gasteiger partial charge is 0.319 e. The Balaban J connectivity index is 1.98. The van der Waals surface area contributed by atoms with Crippen molar-refractivity contribution >= 4 is 17.6 Å². The monoisotopic (exact) mass is 321 g/mol. The van der Waals surface area contributed by atoms with Crippen LogP contribution in [0.15, 0.2) is 18.2 Å².